The van der Waals surface area contributed by atoms with Crippen molar-refractivity contribution in [2.45, 2.75) is 12.8 Å². The van der Waals surface area contributed by atoms with Crippen LogP contribution in [0.2, 0.25) is 0 Å². The molecular formula is C17H15NO3. The summed E-state index contributed by atoms with van der Waals surface area (Å²) in [5.41, 5.74) is 3.06. The molecule has 0 radical (unpaired) electrons. The van der Waals surface area contributed by atoms with Crippen LogP contribution in [0.1, 0.15) is 32.7 Å². The monoisotopic (exact) mass is 281 g/mol. The third kappa shape index (κ3) is 2.65. The molecule has 3 rings (SSSR count). The van der Waals surface area contributed by atoms with Crippen LogP contribution >= 0.6 is 0 Å². The van der Waals surface area contributed by atoms with Gasteiger partial charge in [-0.1, -0.05) is 0 Å². The molecule has 1 amide bonds. The zero-order chi connectivity index (χ0) is 14.8. The molecule has 0 fully saturated rings. The van der Waals surface area contributed by atoms with Crippen molar-refractivity contribution in [2.75, 3.05) is 12.4 Å². The summed E-state index contributed by atoms with van der Waals surface area (Å²) in [5.74, 6) is 0.711. The summed E-state index contributed by atoms with van der Waals surface area (Å²) in [6, 6.07) is 12.3. The van der Waals surface area contributed by atoms with Gasteiger partial charge in [0.2, 0.25) is 0 Å². The first-order valence-corrected chi connectivity index (χ1v) is 6.79. The molecule has 1 aliphatic rings. The lowest BCUT2D eigenvalue weighted by molar-refractivity contribution is 0.0992. The third-order valence-electron chi connectivity index (χ3n) is 3.64. The molecular weight excluding hydrogens is 266 g/mol. The van der Waals surface area contributed by atoms with Gasteiger partial charge in [0.25, 0.3) is 5.91 Å². The third-order valence-corrected chi connectivity index (χ3v) is 3.64. The lowest BCUT2D eigenvalue weighted by atomic mass is 10.1. The van der Waals surface area contributed by atoms with E-state index in [0.717, 1.165) is 17.5 Å². The summed E-state index contributed by atoms with van der Waals surface area (Å²) in [5, 5.41) is 2.85. The van der Waals surface area contributed by atoms with Crippen LogP contribution in [0.25, 0.3) is 0 Å². The molecule has 21 heavy (non-hydrogen) atoms. The average molecular weight is 281 g/mol. The molecule has 2 aromatic carbocycles. The van der Waals surface area contributed by atoms with Crippen LogP contribution in [0.5, 0.6) is 5.75 Å². The number of hydrogen-bond acceptors (Lipinski definition) is 3. The van der Waals surface area contributed by atoms with Crippen molar-refractivity contribution < 1.29 is 14.3 Å². The lowest BCUT2D eigenvalue weighted by Gasteiger charge is -2.07. The van der Waals surface area contributed by atoms with Crippen LogP contribution in [0, 0.1) is 0 Å². The predicted molar refractivity (Wildman–Crippen MR) is 80.0 cm³/mol. The maximum atomic E-state index is 12.2. The first-order chi connectivity index (χ1) is 10.2. The number of fused-ring (bicyclic) bond motifs is 1. The van der Waals surface area contributed by atoms with Crippen LogP contribution in [0.3, 0.4) is 0 Å². The first kappa shape index (κ1) is 13.4. The standard InChI is InChI=1S/C17H15NO3/c1-21-14-6-2-11(3-7-14)17(20)18-13-5-8-15-12(10-13)4-9-16(15)19/h2-3,5-8,10H,4,9H2,1H3,(H,18,20). The van der Waals surface area contributed by atoms with Crippen LogP contribution < -0.4 is 10.1 Å². The lowest BCUT2D eigenvalue weighted by Crippen LogP contribution is -2.12. The number of hydrogen-bond donors (Lipinski definition) is 1. The largest absolute Gasteiger partial charge is 0.497 e. The van der Waals surface area contributed by atoms with E-state index in [2.05, 4.69) is 5.32 Å². The SMILES string of the molecule is COc1ccc(C(=O)Nc2ccc3c(c2)CCC3=O)cc1. The van der Waals surface area contributed by atoms with E-state index in [-0.39, 0.29) is 11.7 Å². The Morgan fingerprint density at radius 3 is 2.57 bits per heavy atom. The Bertz CT molecular complexity index is 704. The van der Waals surface area contributed by atoms with Crippen LogP contribution in [-0.2, 0) is 6.42 Å². The quantitative estimate of drug-likeness (QED) is 0.940. The minimum Gasteiger partial charge on any atom is -0.497 e. The van der Waals surface area contributed by atoms with Gasteiger partial charge in [0.1, 0.15) is 5.75 Å². The van der Waals surface area contributed by atoms with Crippen molar-refractivity contribution in [3.8, 4) is 5.75 Å². The van der Waals surface area contributed by atoms with Gasteiger partial charge in [-0.25, -0.2) is 0 Å². The maximum Gasteiger partial charge on any atom is 0.255 e. The van der Waals surface area contributed by atoms with E-state index in [9.17, 15) is 9.59 Å². The number of ketones is 1. The molecule has 0 heterocycles. The molecule has 1 aliphatic carbocycles. The van der Waals surface area contributed by atoms with Crippen molar-refractivity contribution in [1.82, 2.24) is 0 Å². The Labute approximate surface area is 122 Å². The summed E-state index contributed by atoms with van der Waals surface area (Å²) >= 11 is 0. The molecule has 0 unspecified atom stereocenters. The van der Waals surface area contributed by atoms with Gasteiger partial charge in [0.05, 0.1) is 7.11 Å². The average Bonchev–Trinajstić information content (AvgIpc) is 2.88. The molecule has 0 aliphatic heterocycles. The second-order valence-corrected chi connectivity index (χ2v) is 4.98. The number of amides is 1. The van der Waals surface area contributed by atoms with Gasteiger partial charge in [0, 0.05) is 23.2 Å². The van der Waals surface area contributed by atoms with Gasteiger partial charge < -0.3 is 10.1 Å². The fourth-order valence-corrected chi connectivity index (χ4v) is 2.48. The van der Waals surface area contributed by atoms with E-state index in [1.807, 2.05) is 6.07 Å². The number of methoxy groups -OCH3 is 1. The van der Waals surface area contributed by atoms with E-state index >= 15 is 0 Å². The maximum absolute atomic E-state index is 12.2. The number of anilines is 1. The zero-order valence-electron chi connectivity index (χ0n) is 11.7. The highest BCUT2D eigenvalue weighted by Crippen LogP contribution is 2.25. The number of nitrogens with one attached hydrogen (secondary N) is 1. The summed E-state index contributed by atoms with van der Waals surface area (Å²) < 4.78 is 5.06. The van der Waals surface area contributed by atoms with Crippen molar-refractivity contribution in [3.05, 3.63) is 59.2 Å². The van der Waals surface area contributed by atoms with E-state index in [0.29, 0.717) is 23.4 Å². The summed E-state index contributed by atoms with van der Waals surface area (Å²) in [7, 11) is 1.58. The number of carbonyl (C=O) groups is 2. The van der Waals surface area contributed by atoms with Crippen LogP contribution in [-0.4, -0.2) is 18.8 Å². The first-order valence-electron chi connectivity index (χ1n) is 6.79. The molecule has 0 atom stereocenters. The van der Waals surface area contributed by atoms with E-state index in [1.165, 1.54) is 0 Å². The number of carbonyl (C=O) groups excluding carboxylic acids is 2. The van der Waals surface area contributed by atoms with Crippen LogP contribution in [0.4, 0.5) is 5.69 Å². The molecule has 106 valence electrons. The van der Waals surface area contributed by atoms with Gasteiger partial charge in [-0.2, -0.15) is 0 Å². The van der Waals surface area contributed by atoms with Crippen molar-refractivity contribution in [1.29, 1.82) is 0 Å². The topological polar surface area (TPSA) is 55.4 Å². The van der Waals surface area contributed by atoms with Crippen molar-refractivity contribution in [2.24, 2.45) is 0 Å². The molecule has 4 nitrogen and oxygen atoms in total. The minimum atomic E-state index is -0.179. The highest BCUT2D eigenvalue weighted by Gasteiger charge is 2.19. The Kier molecular flexibility index (Phi) is 3.44. The summed E-state index contributed by atoms with van der Waals surface area (Å²) in [6.07, 6.45) is 1.31. The van der Waals surface area contributed by atoms with Gasteiger partial charge in [-0.05, 0) is 54.4 Å². The fourth-order valence-electron chi connectivity index (χ4n) is 2.48. The fraction of sp³-hybridized carbons (Fsp3) is 0.176. The Hall–Kier alpha value is -2.62. The molecule has 1 N–H and O–H groups in total. The highest BCUT2D eigenvalue weighted by atomic mass is 16.5. The van der Waals surface area contributed by atoms with Crippen LogP contribution in [0.15, 0.2) is 42.5 Å². The Balaban J connectivity index is 1.77. The second-order valence-electron chi connectivity index (χ2n) is 4.98. The Morgan fingerprint density at radius 1 is 1.10 bits per heavy atom. The molecule has 0 spiro atoms. The van der Waals surface area contributed by atoms with Gasteiger partial charge in [0.15, 0.2) is 5.78 Å². The predicted octanol–water partition coefficient (Wildman–Crippen LogP) is 3.08. The smallest absolute Gasteiger partial charge is 0.255 e. The minimum absolute atomic E-state index is 0.179. The molecule has 4 heteroatoms. The number of rotatable bonds is 3. The van der Waals surface area contributed by atoms with Gasteiger partial charge >= 0.3 is 0 Å². The Morgan fingerprint density at radius 2 is 1.86 bits per heavy atom. The van der Waals surface area contributed by atoms with E-state index in [1.54, 1.807) is 43.5 Å². The summed E-state index contributed by atoms with van der Waals surface area (Å²) in [4.78, 5) is 23.7. The number of Topliss-reactive ketones (excluding diaryl/α,β-unsaturated/α-hetero) is 1. The van der Waals surface area contributed by atoms with Gasteiger partial charge in [-0.15, -0.1) is 0 Å². The highest BCUT2D eigenvalue weighted by molar-refractivity contribution is 6.05. The van der Waals surface area contributed by atoms with E-state index in [4.69, 9.17) is 4.74 Å². The number of ether oxygens (including phenoxy) is 1. The van der Waals surface area contributed by atoms with Crippen molar-refractivity contribution in [3.63, 3.8) is 0 Å². The number of benzene rings is 2. The second kappa shape index (κ2) is 5.40. The molecule has 0 saturated heterocycles. The van der Waals surface area contributed by atoms with Gasteiger partial charge in [-0.3, -0.25) is 9.59 Å². The number of aryl methyl sites for hydroxylation is 1. The van der Waals surface area contributed by atoms with E-state index < -0.39 is 0 Å². The summed E-state index contributed by atoms with van der Waals surface area (Å²) in [6.45, 7) is 0. The molecule has 0 aromatic heterocycles. The molecule has 2 aromatic rings. The molecule has 0 bridgehead atoms. The normalized spacial score (nSPS) is 12.9. The zero-order valence-corrected chi connectivity index (χ0v) is 11.7. The molecule has 0 saturated carbocycles. The van der Waals surface area contributed by atoms with Crippen molar-refractivity contribution >= 4 is 17.4 Å².